The Morgan fingerprint density at radius 3 is 2.95 bits per heavy atom. The van der Waals surface area contributed by atoms with E-state index in [0.29, 0.717) is 19.0 Å². The van der Waals surface area contributed by atoms with Gasteiger partial charge in [0.2, 0.25) is 0 Å². The summed E-state index contributed by atoms with van der Waals surface area (Å²) < 4.78 is 24.0. The third-order valence-corrected chi connectivity index (χ3v) is 4.16. The van der Waals surface area contributed by atoms with Crippen LogP contribution in [0.25, 0.3) is 0 Å². The third kappa shape index (κ3) is 5.10. The van der Waals surface area contributed by atoms with E-state index in [-0.39, 0.29) is 5.84 Å². The molecule has 2 heterocycles. The van der Waals surface area contributed by atoms with Crippen LogP contribution in [0.2, 0.25) is 0 Å². The Balaban J connectivity index is 1.64. The minimum absolute atomic E-state index is 0.195. The van der Waals surface area contributed by atoms with Gasteiger partial charge in [0.05, 0.1) is 6.61 Å². The second-order valence-electron chi connectivity index (χ2n) is 4.76. The van der Waals surface area contributed by atoms with Gasteiger partial charge in [0.25, 0.3) is 11.2 Å². The third-order valence-electron chi connectivity index (χ3n) is 2.57. The summed E-state index contributed by atoms with van der Waals surface area (Å²) in [6.45, 7) is 2.16. The Kier molecular flexibility index (Phi) is 5.71. The molecule has 1 aromatic heterocycles. The molecule has 0 radical (unpaired) electrons. The SMILES string of the molecule is CN(C)Cc1cc(OCCCNC2=NS(=O)N=C2N)cs1. The first-order valence-corrected chi connectivity index (χ1v) is 8.43. The van der Waals surface area contributed by atoms with E-state index in [4.69, 9.17) is 10.5 Å². The monoisotopic (exact) mass is 329 g/mol. The molecule has 0 spiro atoms. The maximum absolute atomic E-state index is 11.0. The first-order chi connectivity index (χ1) is 10.0. The normalized spacial score (nSPS) is 17.8. The van der Waals surface area contributed by atoms with Gasteiger partial charge in [-0.25, -0.2) is 4.21 Å². The van der Waals surface area contributed by atoms with Crippen molar-refractivity contribution in [2.24, 2.45) is 14.5 Å². The molecule has 1 atom stereocenters. The van der Waals surface area contributed by atoms with Crippen molar-refractivity contribution in [1.82, 2.24) is 10.2 Å². The molecule has 7 nitrogen and oxygen atoms in total. The van der Waals surface area contributed by atoms with Gasteiger partial charge in [0.1, 0.15) is 5.75 Å². The number of hydrogen-bond donors (Lipinski definition) is 2. The van der Waals surface area contributed by atoms with Crippen LogP contribution >= 0.6 is 11.3 Å². The number of hydrogen-bond acceptors (Lipinski definition) is 6. The quantitative estimate of drug-likeness (QED) is 0.711. The summed E-state index contributed by atoms with van der Waals surface area (Å²) >= 11 is 0.127. The molecule has 0 aromatic carbocycles. The van der Waals surface area contributed by atoms with Crippen LogP contribution in [0.1, 0.15) is 11.3 Å². The Morgan fingerprint density at radius 1 is 1.48 bits per heavy atom. The summed E-state index contributed by atoms with van der Waals surface area (Å²) in [5, 5.41) is 5.01. The molecule has 21 heavy (non-hydrogen) atoms. The molecule has 0 fully saturated rings. The van der Waals surface area contributed by atoms with Gasteiger partial charge in [-0.1, -0.05) is 0 Å². The predicted molar refractivity (Wildman–Crippen MR) is 87.0 cm³/mol. The molecule has 0 bridgehead atoms. The summed E-state index contributed by atoms with van der Waals surface area (Å²) in [4.78, 5) is 3.40. The molecule has 9 heteroatoms. The van der Waals surface area contributed by atoms with Gasteiger partial charge in [-0.3, -0.25) is 0 Å². The topological polar surface area (TPSA) is 92.3 Å². The summed E-state index contributed by atoms with van der Waals surface area (Å²) in [5.74, 6) is 1.50. The minimum atomic E-state index is -1.57. The van der Waals surface area contributed by atoms with E-state index >= 15 is 0 Å². The Labute approximate surface area is 130 Å². The fraction of sp³-hybridized carbons (Fsp3) is 0.500. The summed E-state index contributed by atoms with van der Waals surface area (Å²) in [7, 11) is 4.08. The first kappa shape index (κ1) is 15.9. The van der Waals surface area contributed by atoms with Crippen LogP contribution in [-0.2, 0) is 17.7 Å². The zero-order valence-corrected chi connectivity index (χ0v) is 13.7. The highest BCUT2D eigenvalue weighted by Gasteiger charge is 2.14. The van der Waals surface area contributed by atoms with Gasteiger partial charge in [-0.15, -0.1) is 20.1 Å². The molecular formula is C12H19N5O2S2. The Hall–Kier alpha value is -1.45. The van der Waals surface area contributed by atoms with E-state index in [2.05, 4.69) is 25.1 Å². The number of thiophene rings is 1. The van der Waals surface area contributed by atoms with E-state index < -0.39 is 11.2 Å². The number of nitrogens with zero attached hydrogens (tertiary/aromatic N) is 3. The van der Waals surface area contributed by atoms with Gasteiger partial charge in [0.15, 0.2) is 11.7 Å². The van der Waals surface area contributed by atoms with Crippen LogP contribution < -0.4 is 15.8 Å². The van der Waals surface area contributed by atoms with E-state index in [0.717, 1.165) is 18.7 Å². The second-order valence-corrected chi connectivity index (χ2v) is 6.58. The van der Waals surface area contributed by atoms with E-state index in [1.165, 1.54) is 4.88 Å². The fourth-order valence-corrected chi connectivity index (χ4v) is 3.23. The van der Waals surface area contributed by atoms with Crippen LogP contribution in [0.15, 0.2) is 20.2 Å². The molecule has 116 valence electrons. The molecule has 1 aliphatic rings. The largest absolute Gasteiger partial charge is 0.493 e. The number of nitrogens with two attached hydrogens (primary N) is 1. The van der Waals surface area contributed by atoms with Crippen molar-refractivity contribution in [3.8, 4) is 5.75 Å². The highest BCUT2D eigenvalue weighted by molar-refractivity contribution is 7.83. The zero-order chi connectivity index (χ0) is 15.2. The molecule has 0 saturated carbocycles. The molecule has 0 amide bonds. The number of rotatable bonds is 7. The molecule has 1 unspecified atom stereocenters. The van der Waals surface area contributed by atoms with E-state index in [1.54, 1.807) is 11.3 Å². The van der Waals surface area contributed by atoms with Crippen LogP contribution in [0, 0.1) is 0 Å². The molecule has 2 rings (SSSR count). The zero-order valence-electron chi connectivity index (χ0n) is 12.0. The molecular weight excluding hydrogens is 310 g/mol. The van der Waals surface area contributed by atoms with Crippen LogP contribution in [-0.4, -0.2) is 48.0 Å². The van der Waals surface area contributed by atoms with Gasteiger partial charge in [0, 0.05) is 23.3 Å². The van der Waals surface area contributed by atoms with E-state index in [1.807, 2.05) is 19.5 Å². The van der Waals surface area contributed by atoms with Gasteiger partial charge >= 0.3 is 0 Å². The lowest BCUT2D eigenvalue weighted by Crippen LogP contribution is -2.35. The average molecular weight is 329 g/mol. The van der Waals surface area contributed by atoms with Gasteiger partial charge in [-0.05, 0) is 26.6 Å². The lowest BCUT2D eigenvalue weighted by atomic mass is 10.4. The number of nitrogens with one attached hydrogen (secondary N) is 1. The van der Waals surface area contributed by atoms with Crippen LogP contribution in [0.3, 0.4) is 0 Å². The van der Waals surface area contributed by atoms with Crippen molar-refractivity contribution in [2.45, 2.75) is 13.0 Å². The van der Waals surface area contributed by atoms with Gasteiger partial charge < -0.3 is 20.7 Å². The fourth-order valence-electron chi connectivity index (χ4n) is 1.70. The molecule has 1 aromatic rings. The van der Waals surface area contributed by atoms with Crippen molar-refractivity contribution in [1.29, 1.82) is 0 Å². The van der Waals surface area contributed by atoms with Crippen molar-refractivity contribution in [2.75, 3.05) is 27.2 Å². The van der Waals surface area contributed by atoms with Gasteiger partial charge in [-0.2, -0.15) is 0 Å². The maximum atomic E-state index is 11.0. The Morgan fingerprint density at radius 2 is 2.29 bits per heavy atom. The molecule has 0 saturated heterocycles. The summed E-state index contributed by atoms with van der Waals surface area (Å²) in [6, 6.07) is 2.06. The number of ether oxygens (including phenoxy) is 1. The van der Waals surface area contributed by atoms with Crippen LogP contribution in [0.5, 0.6) is 5.75 Å². The highest BCUT2D eigenvalue weighted by Crippen LogP contribution is 2.22. The van der Waals surface area contributed by atoms with Crippen LogP contribution in [0.4, 0.5) is 0 Å². The molecule has 1 aliphatic heterocycles. The lowest BCUT2D eigenvalue weighted by Gasteiger charge is -2.07. The highest BCUT2D eigenvalue weighted by atomic mass is 32.2. The first-order valence-electron chi connectivity index (χ1n) is 6.48. The minimum Gasteiger partial charge on any atom is -0.493 e. The number of amidine groups is 2. The van der Waals surface area contributed by atoms with Crippen molar-refractivity contribution in [3.05, 3.63) is 16.3 Å². The van der Waals surface area contributed by atoms with Crippen molar-refractivity contribution in [3.63, 3.8) is 0 Å². The lowest BCUT2D eigenvalue weighted by molar-refractivity contribution is 0.312. The van der Waals surface area contributed by atoms with Crippen molar-refractivity contribution >= 4 is 34.2 Å². The maximum Gasteiger partial charge on any atom is 0.269 e. The predicted octanol–water partition coefficient (Wildman–Crippen LogP) is 0.516. The average Bonchev–Trinajstić information content (AvgIpc) is 2.95. The smallest absolute Gasteiger partial charge is 0.269 e. The molecule has 3 N–H and O–H groups in total. The Bertz CT molecular complexity index is 568. The summed E-state index contributed by atoms with van der Waals surface area (Å²) in [6.07, 6.45) is 0.789. The standard InChI is InChI=1S/C12H19N5O2S2/c1-17(2)7-10-6-9(8-20-10)19-5-3-4-14-12-11(13)15-21(18)16-12/h6,8H,3-5,7H2,1-2H3,(H2,13,15)(H,14,16). The van der Waals surface area contributed by atoms with E-state index in [9.17, 15) is 4.21 Å². The summed E-state index contributed by atoms with van der Waals surface area (Å²) in [5.41, 5.74) is 5.55. The van der Waals surface area contributed by atoms with Crippen molar-refractivity contribution < 1.29 is 8.95 Å². The molecule has 0 aliphatic carbocycles. The second kappa shape index (κ2) is 7.53.